The van der Waals surface area contributed by atoms with Crippen LogP contribution in [0.2, 0.25) is 0 Å². The lowest BCUT2D eigenvalue weighted by Crippen LogP contribution is -2.18. The fourth-order valence-electron chi connectivity index (χ4n) is 2.98. The van der Waals surface area contributed by atoms with E-state index < -0.39 is 0 Å². The maximum Gasteiger partial charge on any atom is 0.124 e. The molecule has 124 valence electrons. The minimum Gasteiger partial charge on any atom is -0.496 e. The zero-order chi connectivity index (χ0) is 17.0. The molecule has 0 radical (unpaired) electrons. The number of hydrogen-bond donors (Lipinski definition) is 0. The van der Waals surface area contributed by atoms with Gasteiger partial charge in [-0.05, 0) is 55.8 Å². The minimum absolute atomic E-state index is 0.245. The normalized spacial score (nSPS) is 10.9. The van der Waals surface area contributed by atoms with Crippen molar-refractivity contribution in [3.8, 4) is 11.5 Å². The van der Waals surface area contributed by atoms with Gasteiger partial charge in [0.25, 0.3) is 0 Å². The minimum atomic E-state index is -0.245. The monoisotopic (exact) mass is 317 g/mol. The van der Waals surface area contributed by atoms with Crippen LogP contribution in [0.5, 0.6) is 11.5 Å². The summed E-state index contributed by atoms with van der Waals surface area (Å²) in [6.45, 7) is 5.48. The fourth-order valence-corrected chi connectivity index (χ4v) is 2.98. The summed E-state index contributed by atoms with van der Waals surface area (Å²) in [5.41, 5.74) is 4.30. The number of halogens is 1. The van der Waals surface area contributed by atoms with Gasteiger partial charge in [0.15, 0.2) is 0 Å². The Morgan fingerprint density at radius 2 is 1.61 bits per heavy atom. The third-order valence-electron chi connectivity index (χ3n) is 3.86. The van der Waals surface area contributed by atoms with Crippen LogP contribution in [0.4, 0.5) is 4.39 Å². The van der Waals surface area contributed by atoms with Crippen LogP contribution in [0.1, 0.15) is 22.3 Å². The van der Waals surface area contributed by atoms with Gasteiger partial charge < -0.3 is 9.47 Å². The van der Waals surface area contributed by atoms with Crippen molar-refractivity contribution in [2.24, 2.45) is 0 Å². The summed E-state index contributed by atoms with van der Waals surface area (Å²) in [6, 6.07) is 8.87. The van der Waals surface area contributed by atoms with Crippen molar-refractivity contribution in [1.29, 1.82) is 0 Å². The smallest absolute Gasteiger partial charge is 0.124 e. The maximum atomic E-state index is 13.5. The molecule has 0 heterocycles. The summed E-state index contributed by atoms with van der Waals surface area (Å²) >= 11 is 0. The van der Waals surface area contributed by atoms with E-state index >= 15 is 0 Å². The molecule has 0 saturated heterocycles. The molecule has 0 unspecified atom stereocenters. The number of hydrogen-bond acceptors (Lipinski definition) is 3. The molecule has 2 aromatic carbocycles. The van der Waals surface area contributed by atoms with Crippen molar-refractivity contribution >= 4 is 0 Å². The van der Waals surface area contributed by atoms with Crippen molar-refractivity contribution in [1.82, 2.24) is 4.90 Å². The first kappa shape index (κ1) is 17.3. The molecule has 0 spiro atoms. The van der Waals surface area contributed by atoms with Crippen LogP contribution >= 0.6 is 0 Å². The lowest BCUT2D eigenvalue weighted by molar-refractivity contribution is 0.309. The molecule has 0 aromatic heterocycles. The van der Waals surface area contributed by atoms with Gasteiger partial charge in [0.05, 0.1) is 14.2 Å². The molecule has 0 atom stereocenters. The van der Waals surface area contributed by atoms with Gasteiger partial charge in [0.2, 0.25) is 0 Å². The van der Waals surface area contributed by atoms with E-state index in [4.69, 9.17) is 9.47 Å². The van der Waals surface area contributed by atoms with E-state index in [1.54, 1.807) is 20.3 Å². The molecular weight excluding hydrogens is 293 g/mol. The highest BCUT2D eigenvalue weighted by molar-refractivity contribution is 5.43. The van der Waals surface area contributed by atoms with E-state index in [0.717, 1.165) is 29.0 Å². The second-order valence-electron chi connectivity index (χ2n) is 5.89. The van der Waals surface area contributed by atoms with Gasteiger partial charge in [0.1, 0.15) is 17.3 Å². The number of ether oxygens (including phenoxy) is 2. The number of nitrogens with zero attached hydrogens (tertiary/aromatic N) is 1. The summed E-state index contributed by atoms with van der Waals surface area (Å²) in [5, 5.41) is 0. The lowest BCUT2D eigenvalue weighted by Gasteiger charge is -2.20. The third kappa shape index (κ3) is 4.23. The zero-order valence-corrected chi connectivity index (χ0v) is 14.4. The first-order valence-electron chi connectivity index (χ1n) is 7.59. The molecular formula is C19H24FNO2. The molecule has 0 aliphatic carbocycles. The van der Waals surface area contributed by atoms with Gasteiger partial charge in [-0.25, -0.2) is 4.39 Å². The number of benzene rings is 2. The second-order valence-corrected chi connectivity index (χ2v) is 5.89. The average Bonchev–Trinajstić information content (AvgIpc) is 2.47. The molecule has 0 amide bonds. The Balaban J connectivity index is 2.14. The van der Waals surface area contributed by atoms with E-state index in [1.165, 1.54) is 17.7 Å². The molecule has 0 fully saturated rings. The molecule has 23 heavy (non-hydrogen) atoms. The molecule has 0 bridgehead atoms. The SMILES string of the molecule is COc1ccc(F)cc1CN(C)Cc1cc(C)c(OC)c(C)c1. The fraction of sp³-hybridized carbons (Fsp3) is 0.368. The highest BCUT2D eigenvalue weighted by atomic mass is 19.1. The lowest BCUT2D eigenvalue weighted by atomic mass is 10.0. The van der Waals surface area contributed by atoms with Crippen LogP contribution in [0, 0.1) is 19.7 Å². The first-order valence-corrected chi connectivity index (χ1v) is 7.59. The summed E-state index contributed by atoms with van der Waals surface area (Å²) in [7, 11) is 5.31. The Bertz CT molecular complexity index is 662. The molecule has 2 rings (SSSR count). The molecule has 4 heteroatoms. The topological polar surface area (TPSA) is 21.7 Å². The van der Waals surface area contributed by atoms with Crippen LogP contribution < -0.4 is 9.47 Å². The van der Waals surface area contributed by atoms with Crippen molar-refractivity contribution < 1.29 is 13.9 Å². The second kappa shape index (κ2) is 7.47. The molecule has 0 aliphatic rings. The van der Waals surface area contributed by atoms with Gasteiger partial charge in [-0.3, -0.25) is 4.90 Å². The maximum absolute atomic E-state index is 13.5. The van der Waals surface area contributed by atoms with E-state index in [9.17, 15) is 4.39 Å². The average molecular weight is 317 g/mol. The largest absolute Gasteiger partial charge is 0.496 e. The summed E-state index contributed by atoms with van der Waals surface area (Å²) in [6.07, 6.45) is 0. The Kier molecular flexibility index (Phi) is 5.61. The standard InChI is InChI=1S/C19H24FNO2/c1-13-8-15(9-14(2)19(13)23-5)11-21(3)12-16-10-17(20)6-7-18(16)22-4/h6-10H,11-12H2,1-5H3. The number of methoxy groups -OCH3 is 2. The quantitative estimate of drug-likeness (QED) is 0.801. The number of rotatable bonds is 6. The molecule has 3 nitrogen and oxygen atoms in total. The van der Waals surface area contributed by atoms with E-state index in [2.05, 4.69) is 17.0 Å². The zero-order valence-electron chi connectivity index (χ0n) is 14.4. The van der Waals surface area contributed by atoms with Crippen molar-refractivity contribution in [2.75, 3.05) is 21.3 Å². The summed E-state index contributed by atoms with van der Waals surface area (Å²) < 4.78 is 24.2. The van der Waals surface area contributed by atoms with Crippen LogP contribution in [0.15, 0.2) is 30.3 Å². The van der Waals surface area contributed by atoms with Crippen LogP contribution in [0.3, 0.4) is 0 Å². The predicted molar refractivity (Wildman–Crippen MR) is 90.6 cm³/mol. The highest BCUT2D eigenvalue weighted by Crippen LogP contribution is 2.26. The predicted octanol–water partition coefficient (Wildman–Crippen LogP) is 4.09. The van der Waals surface area contributed by atoms with E-state index in [0.29, 0.717) is 12.3 Å². The van der Waals surface area contributed by atoms with Crippen molar-refractivity contribution in [3.63, 3.8) is 0 Å². The Hall–Kier alpha value is -2.07. The van der Waals surface area contributed by atoms with Gasteiger partial charge in [0, 0.05) is 18.7 Å². The van der Waals surface area contributed by atoms with Gasteiger partial charge in [-0.15, -0.1) is 0 Å². The first-order chi connectivity index (χ1) is 10.9. The van der Waals surface area contributed by atoms with Gasteiger partial charge in [-0.2, -0.15) is 0 Å². The molecule has 0 saturated carbocycles. The van der Waals surface area contributed by atoms with Gasteiger partial charge >= 0.3 is 0 Å². The Morgan fingerprint density at radius 1 is 0.957 bits per heavy atom. The summed E-state index contributed by atoms with van der Waals surface area (Å²) in [4.78, 5) is 2.14. The Labute approximate surface area is 137 Å². The van der Waals surface area contributed by atoms with E-state index in [1.807, 2.05) is 20.9 Å². The van der Waals surface area contributed by atoms with Crippen molar-refractivity contribution in [3.05, 3.63) is 58.4 Å². The number of aryl methyl sites for hydroxylation is 2. The highest BCUT2D eigenvalue weighted by Gasteiger charge is 2.10. The van der Waals surface area contributed by atoms with Crippen molar-refractivity contribution in [2.45, 2.75) is 26.9 Å². The Morgan fingerprint density at radius 3 is 2.17 bits per heavy atom. The van der Waals surface area contributed by atoms with Gasteiger partial charge in [-0.1, -0.05) is 12.1 Å². The third-order valence-corrected chi connectivity index (χ3v) is 3.86. The van der Waals surface area contributed by atoms with Crippen LogP contribution in [0.25, 0.3) is 0 Å². The summed E-state index contributed by atoms with van der Waals surface area (Å²) in [5.74, 6) is 1.40. The van der Waals surface area contributed by atoms with E-state index in [-0.39, 0.29) is 5.82 Å². The van der Waals surface area contributed by atoms with Crippen LogP contribution in [-0.2, 0) is 13.1 Å². The van der Waals surface area contributed by atoms with Crippen LogP contribution in [-0.4, -0.2) is 26.2 Å². The molecule has 2 aromatic rings. The molecule has 0 aliphatic heterocycles. The molecule has 0 N–H and O–H groups in total.